The minimum absolute atomic E-state index is 0.0346. The highest BCUT2D eigenvalue weighted by atomic mass is 16.3. The number of benzene rings is 4. The highest BCUT2D eigenvalue weighted by molar-refractivity contribution is 6.03. The lowest BCUT2D eigenvalue weighted by molar-refractivity contribution is 0.0877. The van der Waals surface area contributed by atoms with Gasteiger partial charge in [-0.15, -0.1) is 0 Å². The number of ketones is 1. The number of phenols is 8. The van der Waals surface area contributed by atoms with Crippen LogP contribution < -0.4 is 5.43 Å². The van der Waals surface area contributed by atoms with Crippen LogP contribution in [0.3, 0.4) is 0 Å². The fourth-order valence-electron chi connectivity index (χ4n) is 7.60. The van der Waals surface area contributed by atoms with E-state index >= 15 is 4.79 Å². The average Bonchev–Trinajstić information content (AvgIpc) is 3.10. The van der Waals surface area contributed by atoms with Crippen LogP contribution in [0, 0.1) is 5.92 Å². The maximum absolute atomic E-state index is 15.1. The van der Waals surface area contributed by atoms with E-state index in [4.69, 9.17) is 4.42 Å². The van der Waals surface area contributed by atoms with Gasteiger partial charge in [-0.3, -0.25) is 9.59 Å². The standard InChI is InChI=1S/C45H44O11/c1-21(2)6-10-27-33(48)15-14-29(41(27)53)42(54)38-31(26-12-8-24(46)18-34(26)49)16-23(5)17-32(38)39-36(51)20-37(52)40-43(55)30(11-7-22(3)4)44(56-45(39)40)28-13-9-25(47)19-35(28)50/h6-9,12-15,17-20,31-32,38,46-53H,10-11,16H2,1-5H3/t31-,32+,38-/m1/s1. The first-order chi connectivity index (χ1) is 26.5. The van der Waals surface area contributed by atoms with E-state index < -0.39 is 52.0 Å². The largest absolute Gasteiger partial charge is 0.508 e. The summed E-state index contributed by atoms with van der Waals surface area (Å²) >= 11 is 0. The van der Waals surface area contributed by atoms with E-state index in [0.717, 1.165) is 34.9 Å². The summed E-state index contributed by atoms with van der Waals surface area (Å²) in [6.07, 6.45) is 5.64. The van der Waals surface area contributed by atoms with Crippen LogP contribution in [0.2, 0.25) is 0 Å². The third kappa shape index (κ3) is 7.27. The maximum Gasteiger partial charge on any atom is 0.200 e. The van der Waals surface area contributed by atoms with Crippen LogP contribution in [0.15, 0.2) is 98.8 Å². The minimum atomic E-state index is -1.24. The van der Waals surface area contributed by atoms with Crippen molar-refractivity contribution in [3.05, 3.63) is 128 Å². The molecule has 3 atom stereocenters. The van der Waals surface area contributed by atoms with Gasteiger partial charge in [0.25, 0.3) is 0 Å². The summed E-state index contributed by atoms with van der Waals surface area (Å²) in [6.45, 7) is 9.17. The van der Waals surface area contributed by atoms with Gasteiger partial charge in [0.15, 0.2) is 5.78 Å². The van der Waals surface area contributed by atoms with E-state index in [0.29, 0.717) is 0 Å². The molecule has 0 saturated carbocycles. The lowest BCUT2D eigenvalue weighted by atomic mass is 9.65. The molecule has 5 aromatic rings. The molecule has 0 bridgehead atoms. The van der Waals surface area contributed by atoms with Gasteiger partial charge in [0.2, 0.25) is 5.43 Å². The van der Waals surface area contributed by atoms with Crippen LogP contribution in [0.4, 0.5) is 0 Å². The summed E-state index contributed by atoms with van der Waals surface area (Å²) in [4.78, 5) is 29.6. The summed E-state index contributed by atoms with van der Waals surface area (Å²) in [5.41, 5.74) is 1.85. The van der Waals surface area contributed by atoms with Crippen molar-refractivity contribution in [3.63, 3.8) is 0 Å². The van der Waals surface area contributed by atoms with E-state index in [2.05, 4.69) is 0 Å². The van der Waals surface area contributed by atoms with Crippen LogP contribution >= 0.6 is 0 Å². The SMILES string of the molecule is CC(C)=CCc1c(O)ccc(C(=O)[C@H]2[C@@H](c3c(O)cc(O)c4c(=O)c(CC=C(C)C)c(-c5ccc(O)cc5O)oc34)C=C(C)C[C@@H]2c2ccc(O)cc2O)c1O. The number of carbonyl (C=O) groups excluding carboxylic acids is 1. The number of hydrogen-bond acceptors (Lipinski definition) is 11. The molecule has 1 aliphatic carbocycles. The first-order valence-corrected chi connectivity index (χ1v) is 18.1. The first-order valence-electron chi connectivity index (χ1n) is 18.1. The van der Waals surface area contributed by atoms with E-state index in [1.54, 1.807) is 25.2 Å². The normalized spacial score (nSPS) is 16.7. The van der Waals surface area contributed by atoms with Crippen LogP contribution in [-0.2, 0) is 12.8 Å². The predicted octanol–water partition coefficient (Wildman–Crippen LogP) is 8.84. The summed E-state index contributed by atoms with van der Waals surface area (Å²) in [5.74, 6) is -6.93. The number of Topliss-reactive ketones (excluding diaryl/α,β-unsaturated/α-hetero) is 1. The molecule has 1 heterocycles. The van der Waals surface area contributed by atoms with Crippen molar-refractivity contribution in [2.24, 2.45) is 5.92 Å². The monoisotopic (exact) mass is 760 g/mol. The van der Waals surface area contributed by atoms with Crippen molar-refractivity contribution < 1.29 is 50.1 Å². The molecule has 0 radical (unpaired) electrons. The number of phenolic OH excluding ortho intramolecular Hbond substituents is 8. The lowest BCUT2D eigenvalue weighted by Crippen LogP contribution is -2.32. The molecular weight excluding hydrogens is 716 g/mol. The lowest BCUT2D eigenvalue weighted by Gasteiger charge is -2.37. The molecule has 8 N–H and O–H groups in total. The maximum atomic E-state index is 15.1. The Hall–Kier alpha value is -6.62. The van der Waals surface area contributed by atoms with Crippen molar-refractivity contribution in [2.45, 2.75) is 65.7 Å². The zero-order chi connectivity index (χ0) is 40.7. The Kier molecular flexibility index (Phi) is 10.6. The highest BCUT2D eigenvalue weighted by Crippen LogP contribution is 2.53. The quantitative estimate of drug-likeness (QED) is 0.0526. The second-order valence-electron chi connectivity index (χ2n) is 14.9. The molecular formula is C45H44O11. The Labute approximate surface area is 322 Å². The Balaban J connectivity index is 1.69. The van der Waals surface area contributed by atoms with E-state index in [1.165, 1.54) is 36.4 Å². The summed E-state index contributed by atoms with van der Waals surface area (Å²) in [6, 6.07) is 11.4. The summed E-state index contributed by atoms with van der Waals surface area (Å²) < 4.78 is 6.52. The molecule has 0 amide bonds. The fourth-order valence-corrected chi connectivity index (χ4v) is 7.60. The first kappa shape index (κ1) is 39.1. The third-order valence-electron chi connectivity index (χ3n) is 10.3. The minimum Gasteiger partial charge on any atom is -0.508 e. The van der Waals surface area contributed by atoms with Crippen LogP contribution in [0.25, 0.3) is 22.3 Å². The molecule has 0 saturated heterocycles. The van der Waals surface area contributed by atoms with Crippen molar-refractivity contribution in [1.82, 2.24) is 0 Å². The Morgan fingerprint density at radius 3 is 1.98 bits per heavy atom. The fraction of sp³-hybridized carbons (Fsp3) is 0.244. The summed E-state index contributed by atoms with van der Waals surface area (Å²) in [7, 11) is 0. The zero-order valence-corrected chi connectivity index (χ0v) is 31.6. The van der Waals surface area contributed by atoms with Gasteiger partial charge < -0.3 is 45.3 Å². The number of fused-ring (bicyclic) bond motifs is 1. The van der Waals surface area contributed by atoms with Gasteiger partial charge in [0.1, 0.15) is 62.7 Å². The molecule has 290 valence electrons. The van der Waals surface area contributed by atoms with Crippen molar-refractivity contribution in [3.8, 4) is 57.3 Å². The number of carbonyl (C=O) groups is 1. The number of allylic oxidation sites excluding steroid dienone is 6. The Morgan fingerprint density at radius 1 is 0.732 bits per heavy atom. The van der Waals surface area contributed by atoms with Crippen molar-refractivity contribution in [2.75, 3.05) is 0 Å². The number of hydrogen-bond donors (Lipinski definition) is 8. The second-order valence-corrected chi connectivity index (χ2v) is 14.9. The molecule has 0 aliphatic heterocycles. The van der Waals surface area contributed by atoms with Gasteiger partial charge >= 0.3 is 0 Å². The van der Waals surface area contributed by atoms with Crippen LogP contribution in [-0.4, -0.2) is 46.6 Å². The van der Waals surface area contributed by atoms with E-state index in [9.17, 15) is 45.6 Å². The van der Waals surface area contributed by atoms with Gasteiger partial charge in [-0.05, 0) is 89.8 Å². The molecule has 0 unspecified atom stereocenters. The van der Waals surface area contributed by atoms with Gasteiger partial charge in [-0.25, -0.2) is 0 Å². The molecule has 4 aromatic carbocycles. The van der Waals surface area contributed by atoms with Gasteiger partial charge in [0, 0.05) is 52.6 Å². The average molecular weight is 761 g/mol. The van der Waals surface area contributed by atoms with E-state index in [1.807, 2.05) is 27.7 Å². The molecule has 6 rings (SSSR count). The topological polar surface area (TPSA) is 209 Å². The third-order valence-corrected chi connectivity index (χ3v) is 10.3. The van der Waals surface area contributed by atoms with Gasteiger partial charge in [-0.1, -0.05) is 41.0 Å². The Bertz CT molecular complexity index is 2550. The van der Waals surface area contributed by atoms with Crippen LogP contribution in [0.1, 0.15) is 85.5 Å². The molecule has 0 fully saturated rings. The van der Waals surface area contributed by atoms with Gasteiger partial charge in [-0.2, -0.15) is 0 Å². The van der Waals surface area contributed by atoms with Gasteiger partial charge in [0.05, 0.1) is 11.1 Å². The van der Waals surface area contributed by atoms with Crippen molar-refractivity contribution >= 4 is 16.8 Å². The molecule has 11 heteroatoms. The second kappa shape index (κ2) is 15.3. The van der Waals surface area contributed by atoms with E-state index in [-0.39, 0.29) is 92.4 Å². The number of rotatable bonds is 9. The van der Waals surface area contributed by atoms with Crippen LogP contribution in [0.5, 0.6) is 46.0 Å². The molecule has 0 spiro atoms. The number of aromatic hydroxyl groups is 8. The van der Waals surface area contributed by atoms with Crippen molar-refractivity contribution in [1.29, 1.82) is 0 Å². The molecule has 11 nitrogen and oxygen atoms in total. The molecule has 1 aliphatic rings. The molecule has 56 heavy (non-hydrogen) atoms. The zero-order valence-electron chi connectivity index (χ0n) is 31.6. The predicted molar refractivity (Wildman–Crippen MR) is 212 cm³/mol. The summed E-state index contributed by atoms with van der Waals surface area (Å²) in [5, 5.41) is 87.4. The Morgan fingerprint density at radius 2 is 1.36 bits per heavy atom. The highest BCUT2D eigenvalue weighted by Gasteiger charge is 2.44. The smallest absolute Gasteiger partial charge is 0.200 e. The molecule has 1 aromatic heterocycles.